The van der Waals surface area contributed by atoms with Gasteiger partial charge >= 0.3 is 0 Å². The third kappa shape index (κ3) is 5.30. The summed E-state index contributed by atoms with van der Waals surface area (Å²) >= 11 is 1.85. The van der Waals surface area contributed by atoms with Crippen LogP contribution >= 0.6 is 11.3 Å². The Morgan fingerprint density at radius 2 is 0.927 bits per heavy atom. The van der Waals surface area contributed by atoms with Crippen LogP contribution in [0.5, 0.6) is 0 Å². The van der Waals surface area contributed by atoms with Gasteiger partial charge in [-0.3, -0.25) is 0 Å². The minimum Gasteiger partial charge on any atom is -0.208 e. The molecule has 3 nitrogen and oxygen atoms in total. The molecule has 4 heteroatoms. The summed E-state index contributed by atoms with van der Waals surface area (Å²) in [4.78, 5) is 16.1. The molecule has 0 radical (unpaired) electrons. The lowest BCUT2D eigenvalue weighted by Crippen LogP contribution is -2.02. The molecule has 0 aliphatic rings. The third-order valence-electron chi connectivity index (χ3n) is 10.7. The molecule has 0 saturated carbocycles. The van der Waals surface area contributed by atoms with E-state index in [1.165, 1.54) is 41.9 Å². The number of hydrogen-bond donors (Lipinski definition) is 0. The van der Waals surface area contributed by atoms with Crippen LogP contribution in [0.2, 0.25) is 0 Å². The smallest absolute Gasteiger partial charge is 0.165 e. The van der Waals surface area contributed by atoms with Crippen molar-refractivity contribution in [3.63, 3.8) is 0 Å². The van der Waals surface area contributed by atoms with Gasteiger partial charge in [0.15, 0.2) is 17.5 Å². The monoisotopic (exact) mass is 717 g/mol. The fourth-order valence-electron chi connectivity index (χ4n) is 8.15. The van der Waals surface area contributed by atoms with Crippen molar-refractivity contribution in [2.45, 2.75) is 0 Å². The summed E-state index contributed by atoms with van der Waals surface area (Å²) in [6.45, 7) is 0. The van der Waals surface area contributed by atoms with Crippen molar-refractivity contribution < 1.29 is 0 Å². The van der Waals surface area contributed by atoms with E-state index >= 15 is 0 Å². The van der Waals surface area contributed by atoms with Crippen LogP contribution in [0, 0.1) is 0 Å². The molecule has 0 spiro atoms. The molecular formula is C51H31N3S. The van der Waals surface area contributed by atoms with Gasteiger partial charge in [0.1, 0.15) is 0 Å². The van der Waals surface area contributed by atoms with Crippen molar-refractivity contribution in [3.05, 3.63) is 188 Å². The van der Waals surface area contributed by atoms with Crippen LogP contribution in [0.3, 0.4) is 0 Å². The Morgan fingerprint density at radius 1 is 0.309 bits per heavy atom. The Labute approximate surface area is 321 Å². The average molecular weight is 718 g/mol. The Bertz CT molecular complexity index is 3270. The summed E-state index contributed by atoms with van der Waals surface area (Å²) in [5.74, 6) is 1.92. The molecule has 9 aromatic carbocycles. The molecule has 55 heavy (non-hydrogen) atoms. The maximum Gasteiger partial charge on any atom is 0.165 e. The van der Waals surface area contributed by atoms with E-state index in [0.717, 1.165) is 49.5 Å². The van der Waals surface area contributed by atoms with Crippen LogP contribution in [0.1, 0.15) is 0 Å². The van der Waals surface area contributed by atoms with Crippen molar-refractivity contribution >= 4 is 63.8 Å². The lowest BCUT2D eigenvalue weighted by molar-refractivity contribution is 1.08. The Balaban J connectivity index is 1.19. The van der Waals surface area contributed by atoms with Gasteiger partial charge in [0.05, 0.1) is 0 Å². The molecule has 0 N–H and O–H groups in total. The zero-order valence-corrected chi connectivity index (χ0v) is 30.5. The minimum absolute atomic E-state index is 0.634. The quantitative estimate of drug-likeness (QED) is 0.131. The number of fused-ring (bicyclic) bond motifs is 7. The van der Waals surface area contributed by atoms with Crippen LogP contribution in [0.25, 0.3) is 109 Å². The highest BCUT2D eigenvalue weighted by molar-refractivity contribution is 7.26. The van der Waals surface area contributed by atoms with Crippen molar-refractivity contribution in [1.29, 1.82) is 0 Å². The number of benzene rings is 9. The van der Waals surface area contributed by atoms with E-state index in [1.807, 2.05) is 17.4 Å². The second-order valence-corrected chi connectivity index (χ2v) is 15.0. The molecule has 11 aromatic rings. The standard InChI is InChI=1S/C51H31N3S/c1-2-14-32(15-3-1)37-20-8-9-24-44(37)50-52-49(36-19-12-18-34(30-36)40-25-13-26-43-41-23-10-11-27-46(41)55-48(40)43)53-51(54-50)47-39-22-7-5-17-35(39)31-45-38-21-6-4-16-33(38)28-29-42(45)47/h1-31H. The zero-order chi connectivity index (χ0) is 36.3. The predicted molar refractivity (Wildman–Crippen MR) is 232 cm³/mol. The summed E-state index contributed by atoms with van der Waals surface area (Å²) < 4.78 is 2.57. The van der Waals surface area contributed by atoms with Crippen LogP contribution in [0.15, 0.2) is 188 Å². The maximum atomic E-state index is 5.39. The van der Waals surface area contributed by atoms with Gasteiger partial charge < -0.3 is 0 Å². The molecule has 0 bridgehead atoms. The zero-order valence-electron chi connectivity index (χ0n) is 29.6. The number of thiophene rings is 1. The van der Waals surface area contributed by atoms with E-state index < -0.39 is 0 Å². The van der Waals surface area contributed by atoms with Crippen molar-refractivity contribution in [2.24, 2.45) is 0 Å². The molecular weight excluding hydrogens is 687 g/mol. The topological polar surface area (TPSA) is 38.7 Å². The third-order valence-corrected chi connectivity index (χ3v) is 11.9. The normalized spacial score (nSPS) is 11.6. The van der Waals surface area contributed by atoms with Crippen molar-refractivity contribution in [1.82, 2.24) is 15.0 Å². The van der Waals surface area contributed by atoms with E-state index in [1.54, 1.807) is 0 Å². The SMILES string of the molecule is c1ccc(-c2ccccc2-c2nc(-c3cccc(-c4cccc5c4sc4ccccc45)c3)nc(-c3c4ccccc4cc4c3ccc3ccccc34)n2)cc1. The first kappa shape index (κ1) is 31.5. The van der Waals surface area contributed by atoms with E-state index in [0.29, 0.717) is 17.5 Å². The van der Waals surface area contributed by atoms with Gasteiger partial charge in [-0.1, -0.05) is 170 Å². The summed E-state index contributed by atoms with van der Waals surface area (Å²) in [7, 11) is 0. The molecule has 0 aliphatic carbocycles. The fraction of sp³-hybridized carbons (Fsp3) is 0. The largest absolute Gasteiger partial charge is 0.208 e. The number of aromatic nitrogens is 3. The molecule has 0 unspecified atom stereocenters. The summed E-state index contributed by atoms with van der Waals surface area (Å²) in [5.41, 5.74) is 7.42. The second kappa shape index (κ2) is 12.8. The van der Waals surface area contributed by atoms with Gasteiger partial charge in [-0.05, 0) is 72.8 Å². The van der Waals surface area contributed by atoms with Crippen LogP contribution in [-0.4, -0.2) is 15.0 Å². The van der Waals surface area contributed by atoms with Crippen molar-refractivity contribution in [2.75, 3.05) is 0 Å². The van der Waals surface area contributed by atoms with E-state index in [9.17, 15) is 0 Å². The maximum absolute atomic E-state index is 5.39. The Hall–Kier alpha value is -7.01. The molecule has 2 aromatic heterocycles. The van der Waals surface area contributed by atoms with Crippen LogP contribution < -0.4 is 0 Å². The van der Waals surface area contributed by atoms with Gasteiger partial charge in [-0.25, -0.2) is 15.0 Å². The Kier molecular flexibility index (Phi) is 7.35. The summed E-state index contributed by atoms with van der Waals surface area (Å²) in [6.07, 6.45) is 0. The van der Waals surface area contributed by atoms with Gasteiger partial charge in [-0.2, -0.15) is 0 Å². The van der Waals surface area contributed by atoms with Gasteiger partial charge in [-0.15, -0.1) is 11.3 Å². The van der Waals surface area contributed by atoms with E-state index in [4.69, 9.17) is 15.0 Å². The number of nitrogens with zero attached hydrogens (tertiary/aromatic N) is 3. The first-order chi connectivity index (χ1) is 27.3. The lowest BCUT2D eigenvalue weighted by atomic mass is 9.93. The van der Waals surface area contributed by atoms with Crippen LogP contribution in [-0.2, 0) is 0 Å². The molecule has 0 amide bonds. The first-order valence-corrected chi connectivity index (χ1v) is 19.3. The molecule has 2 heterocycles. The molecule has 0 atom stereocenters. The van der Waals surface area contributed by atoms with Gasteiger partial charge in [0.25, 0.3) is 0 Å². The molecule has 0 fully saturated rings. The van der Waals surface area contributed by atoms with E-state index in [2.05, 4.69) is 182 Å². The second-order valence-electron chi connectivity index (χ2n) is 13.9. The molecule has 0 saturated heterocycles. The number of hydrogen-bond acceptors (Lipinski definition) is 4. The molecule has 256 valence electrons. The summed E-state index contributed by atoms with van der Waals surface area (Å²) in [5, 5.41) is 9.53. The molecule has 0 aliphatic heterocycles. The highest BCUT2D eigenvalue weighted by Gasteiger charge is 2.20. The highest BCUT2D eigenvalue weighted by atomic mass is 32.1. The number of rotatable bonds is 5. The van der Waals surface area contributed by atoms with Crippen molar-refractivity contribution in [3.8, 4) is 56.4 Å². The lowest BCUT2D eigenvalue weighted by Gasteiger charge is -2.16. The summed E-state index contributed by atoms with van der Waals surface area (Å²) in [6, 6.07) is 66.8. The van der Waals surface area contributed by atoms with Gasteiger partial charge in [0, 0.05) is 36.9 Å². The van der Waals surface area contributed by atoms with Gasteiger partial charge in [0.2, 0.25) is 0 Å². The predicted octanol–water partition coefficient (Wildman–Crippen LogP) is 14.0. The average Bonchev–Trinajstić information content (AvgIpc) is 3.65. The van der Waals surface area contributed by atoms with Crippen LogP contribution in [0.4, 0.5) is 0 Å². The van der Waals surface area contributed by atoms with E-state index in [-0.39, 0.29) is 0 Å². The highest BCUT2D eigenvalue weighted by Crippen LogP contribution is 2.42. The molecule has 11 rings (SSSR count). The fourth-order valence-corrected chi connectivity index (χ4v) is 9.38. The minimum atomic E-state index is 0.634. The Morgan fingerprint density at radius 3 is 1.82 bits per heavy atom. The first-order valence-electron chi connectivity index (χ1n) is 18.5.